The van der Waals surface area contributed by atoms with Gasteiger partial charge < -0.3 is 19.5 Å². The zero-order valence-corrected chi connectivity index (χ0v) is 21.5. The normalized spacial score (nSPS) is 10.9. The molecule has 0 aliphatic carbocycles. The minimum absolute atomic E-state index is 0.267. The number of methoxy groups -OCH3 is 1. The zero-order valence-electron chi connectivity index (χ0n) is 19.9. The molecule has 7 heteroatoms. The Morgan fingerprint density at radius 1 is 1.03 bits per heavy atom. The van der Waals surface area contributed by atoms with Gasteiger partial charge in [0, 0.05) is 11.8 Å². The minimum atomic E-state index is -0.382. The number of carbonyl (C=O) groups is 2. The van der Waals surface area contributed by atoms with E-state index in [9.17, 15) is 9.59 Å². The largest absolute Gasteiger partial charge is 0.493 e. The lowest BCUT2D eigenvalue weighted by atomic mass is 10.1. The molecule has 3 aromatic carbocycles. The maximum absolute atomic E-state index is 12.4. The van der Waals surface area contributed by atoms with Crippen LogP contribution in [-0.4, -0.2) is 25.6 Å². The van der Waals surface area contributed by atoms with Crippen molar-refractivity contribution < 1.29 is 23.8 Å². The van der Waals surface area contributed by atoms with E-state index >= 15 is 0 Å². The predicted octanol–water partition coefficient (Wildman–Crippen LogP) is 6.50. The van der Waals surface area contributed by atoms with Crippen LogP contribution < -0.4 is 14.8 Å². The third kappa shape index (κ3) is 8.00. The van der Waals surface area contributed by atoms with Crippen LogP contribution in [0.3, 0.4) is 0 Å². The second kappa shape index (κ2) is 12.8. The molecule has 3 aromatic rings. The first-order valence-electron chi connectivity index (χ1n) is 11.2. The zero-order chi connectivity index (χ0) is 25.2. The molecule has 35 heavy (non-hydrogen) atoms. The lowest BCUT2D eigenvalue weighted by molar-refractivity contribution is -0.111. The van der Waals surface area contributed by atoms with Crippen LogP contribution in [0.2, 0.25) is 0 Å². The van der Waals surface area contributed by atoms with Crippen molar-refractivity contribution in [2.24, 2.45) is 5.92 Å². The van der Waals surface area contributed by atoms with Gasteiger partial charge in [0.1, 0.15) is 6.61 Å². The lowest BCUT2D eigenvalue weighted by Crippen LogP contribution is -2.11. The van der Waals surface area contributed by atoms with Crippen LogP contribution in [0.5, 0.6) is 11.5 Å². The standard InChI is InChI=1S/C28H28BrNO5/c1-19(2)17-35-28(32)22-10-12-23(13-11-22)30-26(31)14-9-21-15-24(29)27(25(16-21)33-3)34-18-20-7-5-4-6-8-20/h4-16,19H,17-18H2,1-3H3,(H,30,31). The molecule has 0 saturated carbocycles. The third-order valence-corrected chi connectivity index (χ3v) is 5.43. The van der Waals surface area contributed by atoms with Crippen molar-refractivity contribution in [2.45, 2.75) is 20.5 Å². The number of anilines is 1. The fraction of sp³-hybridized carbons (Fsp3) is 0.214. The van der Waals surface area contributed by atoms with E-state index in [1.165, 1.54) is 6.08 Å². The molecule has 1 amide bonds. The first kappa shape index (κ1) is 26.0. The highest BCUT2D eigenvalue weighted by molar-refractivity contribution is 9.10. The van der Waals surface area contributed by atoms with Crippen LogP contribution in [0.25, 0.3) is 6.08 Å². The van der Waals surface area contributed by atoms with E-state index < -0.39 is 0 Å². The minimum Gasteiger partial charge on any atom is -0.493 e. The second-order valence-corrected chi connectivity index (χ2v) is 9.05. The number of ether oxygens (including phenoxy) is 3. The lowest BCUT2D eigenvalue weighted by Gasteiger charge is -2.13. The first-order chi connectivity index (χ1) is 16.9. The van der Waals surface area contributed by atoms with E-state index in [4.69, 9.17) is 14.2 Å². The number of nitrogens with one attached hydrogen (secondary N) is 1. The van der Waals surface area contributed by atoms with Gasteiger partial charge in [-0.3, -0.25) is 4.79 Å². The Labute approximate surface area is 214 Å². The number of hydrogen-bond donors (Lipinski definition) is 1. The van der Waals surface area contributed by atoms with Gasteiger partial charge in [-0.2, -0.15) is 0 Å². The number of amides is 1. The average Bonchev–Trinajstić information content (AvgIpc) is 2.86. The number of benzene rings is 3. The van der Waals surface area contributed by atoms with Gasteiger partial charge in [0.15, 0.2) is 11.5 Å². The topological polar surface area (TPSA) is 73.9 Å². The van der Waals surface area contributed by atoms with Crippen LogP contribution >= 0.6 is 15.9 Å². The molecule has 0 saturated heterocycles. The molecule has 0 aromatic heterocycles. The summed E-state index contributed by atoms with van der Waals surface area (Å²) in [7, 11) is 1.57. The van der Waals surface area contributed by atoms with Gasteiger partial charge in [0.25, 0.3) is 0 Å². The van der Waals surface area contributed by atoms with Gasteiger partial charge in [0.2, 0.25) is 5.91 Å². The quantitative estimate of drug-likeness (QED) is 0.236. The summed E-state index contributed by atoms with van der Waals surface area (Å²) < 4.78 is 17.4. The molecular weight excluding hydrogens is 510 g/mol. The first-order valence-corrected chi connectivity index (χ1v) is 12.0. The summed E-state index contributed by atoms with van der Waals surface area (Å²) in [5, 5.41) is 2.78. The van der Waals surface area contributed by atoms with Gasteiger partial charge in [-0.1, -0.05) is 44.2 Å². The molecule has 0 bridgehead atoms. The molecule has 0 spiro atoms. The molecule has 182 valence electrons. The van der Waals surface area contributed by atoms with E-state index in [0.717, 1.165) is 11.1 Å². The monoisotopic (exact) mass is 537 g/mol. The molecule has 0 aliphatic rings. The van der Waals surface area contributed by atoms with Gasteiger partial charge in [-0.05, 0) is 75.4 Å². The van der Waals surface area contributed by atoms with Crippen LogP contribution in [0, 0.1) is 5.92 Å². The van der Waals surface area contributed by atoms with Gasteiger partial charge in [0.05, 0.1) is 23.8 Å². The maximum atomic E-state index is 12.4. The van der Waals surface area contributed by atoms with Crippen molar-refractivity contribution in [1.29, 1.82) is 0 Å². The third-order valence-electron chi connectivity index (χ3n) is 4.84. The highest BCUT2D eigenvalue weighted by Crippen LogP contribution is 2.37. The molecule has 1 N–H and O–H groups in total. The SMILES string of the molecule is COc1cc(C=CC(=O)Nc2ccc(C(=O)OCC(C)C)cc2)cc(Br)c1OCc1ccccc1. The van der Waals surface area contributed by atoms with Gasteiger partial charge >= 0.3 is 5.97 Å². The smallest absolute Gasteiger partial charge is 0.338 e. The average molecular weight is 538 g/mol. The fourth-order valence-electron chi connectivity index (χ4n) is 3.08. The van der Waals surface area contributed by atoms with E-state index in [-0.39, 0.29) is 17.8 Å². The van der Waals surface area contributed by atoms with Crippen LogP contribution in [0.1, 0.15) is 35.3 Å². The predicted molar refractivity (Wildman–Crippen MR) is 141 cm³/mol. The van der Waals surface area contributed by atoms with Crippen molar-refractivity contribution in [3.05, 3.63) is 94.0 Å². The van der Waals surface area contributed by atoms with Gasteiger partial charge in [-0.25, -0.2) is 4.79 Å². The van der Waals surface area contributed by atoms with Crippen LogP contribution in [0.15, 0.2) is 77.3 Å². The molecule has 0 unspecified atom stereocenters. The van der Waals surface area contributed by atoms with Crippen molar-refractivity contribution in [3.63, 3.8) is 0 Å². The van der Waals surface area contributed by atoms with E-state index in [2.05, 4.69) is 21.2 Å². The number of esters is 1. The number of carbonyl (C=O) groups excluding carboxylic acids is 2. The molecule has 0 radical (unpaired) electrons. The van der Waals surface area contributed by atoms with E-state index in [1.54, 1.807) is 43.5 Å². The summed E-state index contributed by atoms with van der Waals surface area (Å²) in [5.41, 5.74) is 2.82. The Hall–Kier alpha value is -3.58. The summed E-state index contributed by atoms with van der Waals surface area (Å²) in [6.07, 6.45) is 3.11. The Morgan fingerprint density at radius 3 is 2.40 bits per heavy atom. The van der Waals surface area contributed by atoms with Crippen molar-refractivity contribution in [3.8, 4) is 11.5 Å². The molecule has 0 atom stereocenters. The van der Waals surface area contributed by atoms with Crippen molar-refractivity contribution in [2.75, 3.05) is 19.0 Å². The van der Waals surface area contributed by atoms with Crippen LogP contribution in [0.4, 0.5) is 5.69 Å². The molecule has 0 fully saturated rings. The molecule has 6 nitrogen and oxygen atoms in total. The maximum Gasteiger partial charge on any atom is 0.338 e. The Balaban J connectivity index is 1.61. The molecular formula is C28H28BrNO5. The molecule has 3 rings (SSSR count). The van der Waals surface area contributed by atoms with Gasteiger partial charge in [-0.15, -0.1) is 0 Å². The highest BCUT2D eigenvalue weighted by Gasteiger charge is 2.12. The Bertz CT molecular complexity index is 1170. The molecule has 0 heterocycles. The second-order valence-electron chi connectivity index (χ2n) is 8.20. The summed E-state index contributed by atoms with van der Waals surface area (Å²) in [6.45, 7) is 4.72. The van der Waals surface area contributed by atoms with Crippen molar-refractivity contribution in [1.82, 2.24) is 0 Å². The van der Waals surface area contributed by atoms with Crippen molar-refractivity contribution >= 4 is 39.6 Å². The summed E-state index contributed by atoms with van der Waals surface area (Å²) in [5.74, 6) is 0.718. The fourth-order valence-corrected chi connectivity index (χ4v) is 3.65. The number of halogens is 1. The summed E-state index contributed by atoms with van der Waals surface area (Å²) >= 11 is 3.53. The van der Waals surface area contributed by atoms with E-state index in [1.807, 2.05) is 50.2 Å². The Morgan fingerprint density at radius 2 is 1.74 bits per heavy atom. The highest BCUT2D eigenvalue weighted by atomic mass is 79.9. The Kier molecular flexibility index (Phi) is 9.49. The summed E-state index contributed by atoms with van der Waals surface area (Å²) in [6, 6.07) is 20.1. The molecule has 0 aliphatic heterocycles. The number of hydrogen-bond acceptors (Lipinski definition) is 5. The van der Waals surface area contributed by atoms with Crippen LogP contribution in [-0.2, 0) is 16.1 Å². The summed E-state index contributed by atoms with van der Waals surface area (Å²) in [4.78, 5) is 24.4. The number of rotatable bonds is 10. The van der Waals surface area contributed by atoms with E-state index in [0.29, 0.717) is 40.4 Å².